The number of hydrazone groups is 1. The molecule has 20 heavy (non-hydrogen) atoms. The lowest BCUT2D eigenvalue weighted by molar-refractivity contribution is 0.249. The molecule has 0 saturated carbocycles. The molecule has 0 aliphatic rings. The quantitative estimate of drug-likeness (QED) is 0.553. The van der Waals surface area contributed by atoms with Crippen molar-refractivity contribution in [1.29, 1.82) is 0 Å². The van der Waals surface area contributed by atoms with Crippen molar-refractivity contribution in [2.45, 2.75) is 6.92 Å². The Morgan fingerprint density at radius 3 is 2.80 bits per heavy atom. The summed E-state index contributed by atoms with van der Waals surface area (Å²) in [5, 5.41) is 7.16. The molecule has 0 bridgehead atoms. The Labute approximate surface area is 115 Å². The molecule has 3 aromatic rings. The average Bonchev–Trinajstić information content (AvgIpc) is 2.89. The summed E-state index contributed by atoms with van der Waals surface area (Å²) in [6.07, 6.45) is 0. The SMILES string of the molecule is C/C(=N/NC(N)=O)c1cc2c(ccc3ccccc32)o1. The second-order valence-corrected chi connectivity index (χ2v) is 4.48. The Morgan fingerprint density at radius 2 is 2.00 bits per heavy atom. The van der Waals surface area contributed by atoms with Crippen LogP contribution < -0.4 is 11.2 Å². The first kappa shape index (κ1) is 12.2. The molecule has 0 saturated heterocycles. The number of hydrogen-bond donors (Lipinski definition) is 2. The highest BCUT2D eigenvalue weighted by atomic mass is 16.3. The van der Waals surface area contributed by atoms with Gasteiger partial charge in [0.1, 0.15) is 11.3 Å². The monoisotopic (exact) mass is 267 g/mol. The summed E-state index contributed by atoms with van der Waals surface area (Å²) in [4.78, 5) is 10.7. The Balaban J connectivity index is 2.13. The van der Waals surface area contributed by atoms with E-state index in [4.69, 9.17) is 10.2 Å². The minimum atomic E-state index is -0.703. The van der Waals surface area contributed by atoms with Gasteiger partial charge in [-0.05, 0) is 29.8 Å². The predicted molar refractivity (Wildman–Crippen MR) is 78.7 cm³/mol. The molecule has 5 nitrogen and oxygen atoms in total. The van der Waals surface area contributed by atoms with Gasteiger partial charge in [0.2, 0.25) is 0 Å². The standard InChI is InChI=1S/C15H13N3O2/c1-9(17-18-15(16)19)14-8-12-11-5-3-2-4-10(11)6-7-13(12)20-14/h2-8H,1H3,(H3,16,18,19)/b17-9-. The van der Waals surface area contributed by atoms with E-state index in [-0.39, 0.29) is 0 Å². The summed E-state index contributed by atoms with van der Waals surface area (Å²) >= 11 is 0. The van der Waals surface area contributed by atoms with Crippen LogP contribution >= 0.6 is 0 Å². The fourth-order valence-electron chi connectivity index (χ4n) is 2.16. The molecule has 2 amide bonds. The van der Waals surface area contributed by atoms with E-state index in [2.05, 4.69) is 16.6 Å². The largest absolute Gasteiger partial charge is 0.455 e. The number of nitrogens with one attached hydrogen (secondary N) is 1. The molecule has 100 valence electrons. The summed E-state index contributed by atoms with van der Waals surface area (Å²) in [5.41, 5.74) is 8.52. The van der Waals surface area contributed by atoms with E-state index in [0.717, 1.165) is 21.7 Å². The number of nitrogens with two attached hydrogens (primary N) is 1. The Kier molecular flexibility index (Phi) is 2.87. The number of fused-ring (bicyclic) bond motifs is 3. The second-order valence-electron chi connectivity index (χ2n) is 4.48. The molecule has 0 spiro atoms. The number of carbonyl (C=O) groups excluding carboxylic acids is 1. The lowest BCUT2D eigenvalue weighted by atomic mass is 10.1. The van der Waals surface area contributed by atoms with Crippen LogP contribution in [0.25, 0.3) is 21.7 Å². The third-order valence-corrected chi connectivity index (χ3v) is 3.12. The Morgan fingerprint density at radius 1 is 1.20 bits per heavy atom. The van der Waals surface area contributed by atoms with Crippen LogP contribution in [0.1, 0.15) is 12.7 Å². The highest BCUT2D eigenvalue weighted by Crippen LogP contribution is 2.28. The minimum absolute atomic E-state index is 0.559. The van der Waals surface area contributed by atoms with Gasteiger partial charge in [-0.2, -0.15) is 5.10 Å². The van der Waals surface area contributed by atoms with E-state index in [1.807, 2.05) is 36.4 Å². The van der Waals surface area contributed by atoms with Gasteiger partial charge in [-0.15, -0.1) is 0 Å². The van der Waals surface area contributed by atoms with Crippen molar-refractivity contribution >= 4 is 33.5 Å². The Bertz CT molecular complexity index is 833. The maximum Gasteiger partial charge on any atom is 0.332 e. The molecule has 0 radical (unpaired) electrons. The molecule has 0 aliphatic carbocycles. The summed E-state index contributed by atoms with van der Waals surface area (Å²) < 4.78 is 5.75. The fraction of sp³-hybridized carbons (Fsp3) is 0.0667. The third-order valence-electron chi connectivity index (χ3n) is 3.12. The molecular formula is C15H13N3O2. The van der Waals surface area contributed by atoms with Gasteiger partial charge in [0.25, 0.3) is 0 Å². The van der Waals surface area contributed by atoms with Crippen LogP contribution in [0.2, 0.25) is 0 Å². The smallest absolute Gasteiger partial charge is 0.332 e. The van der Waals surface area contributed by atoms with Crippen molar-refractivity contribution in [2.24, 2.45) is 10.8 Å². The van der Waals surface area contributed by atoms with Crippen molar-refractivity contribution in [2.75, 3.05) is 0 Å². The lowest BCUT2D eigenvalue weighted by Gasteiger charge is -1.96. The first-order valence-electron chi connectivity index (χ1n) is 6.16. The number of hydrogen-bond acceptors (Lipinski definition) is 3. The molecular weight excluding hydrogens is 254 g/mol. The van der Waals surface area contributed by atoms with Gasteiger partial charge in [0.15, 0.2) is 5.76 Å². The van der Waals surface area contributed by atoms with E-state index in [1.165, 1.54) is 0 Å². The second kappa shape index (κ2) is 4.70. The van der Waals surface area contributed by atoms with Crippen molar-refractivity contribution in [3.63, 3.8) is 0 Å². The van der Waals surface area contributed by atoms with Crippen LogP contribution in [0.3, 0.4) is 0 Å². The number of primary amides is 1. The molecule has 1 aromatic heterocycles. The summed E-state index contributed by atoms with van der Waals surface area (Å²) in [7, 11) is 0. The highest BCUT2D eigenvalue weighted by molar-refractivity contribution is 6.09. The van der Waals surface area contributed by atoms with E-state index in [1.54, 1.807) is 6.92 Å². The molecule has 3 rings (SSSR count). The van der Waals surface area contributed by atoms with Crippen LogP contribution in [0, 0.1) is 0 Å². The molecule has 0 fully saturated rings. The van der Waals surface area contributed by atoms with Crippen LogP contribution in [0.15, 0.2) is 52.0 Å². The zero-order valence-corrected chi connectivity index (χ0v) is 10.9. The number of furan rings is 1. The first-order chi connectivity index (χ1) is 9.65. The van der Waals surface area contributed by atoms with Gasteiger partial charge in [-0.25, -0.2) is 10.2 Å². The molecule has 1 heterocycles. The molecule has 0 atom stereocenters. The van der Waals surface area contributed by atoms with E-state index in [9.17, 15) is 4.79 Å². The van der Waals surface area contributed by atoms with Gasteiger partial charge < -0.3 is 10.2 Å². The van der Waals surface area contributed by atoms with Crippen LogP contribution in [0.4, 0.5) is 4.79 Å². The van der Waals surface area contributed by atoms with Crippen LogP contribution in [-0.2, 0) is 0 Å². The summed E-state index contributed by atoms with van der Waals surface area (Å²) in [6, 6.07) is 13.2. The number of amides is 2. The molecule has 0 aliphatic heterocycles. The number of carbonyl (C=O) groups is 1. The first-order valence-corrected chi connectivity index (χ1v) is 6.16. The normalized spacial score (nSPS) is 11.9. The van der Waals surface area contributed by atoms with E-state index < -0.39 is 6.03 Å². The zero-order valence-electron chi connectivity index (χ0n) is 10.9. The van der Waals surface area contributed by atoms with Gasteiger partial charge >= 0.3 is 6.03 Å². The minimum Gasteiger partial charge on any atom is -0.455 e. The van der Waals surface area contributed by atoms with Crippen molar-refractivity contribution < 1.29 is 9.21 Å². The third kappa shape index (κ3) is 2.09. The molecule has 5 heteroatoms. The zero-order chi connectivity index (χ0) is 14.1. The summed E-state index contributed by atoms with van der Waals surface area (Å²) in [6.45, 7) is 1.75. The topological polar surface area (TPSA) is 80.6 Å². The number of rotatable bonds is 2. The van der Waals surface area contributed by atoms with Crippen LogP contribution in [-0.4, -0.2) is 11.7 Å². The van der Waals surface area contributed by atoms with Crippen molar-refractivity contribution in [3.8, 4) is 0 Å². The van der Waals surface area contributed by atoms with Crippen molar-refractivity contribution in [3.05, 3.63) is 48.2 Å². The fourth-order valence-corrected chi connectivity index (χ4v) is 2.16. The maximum atomic E-state index is 10.7. The number of urea groups is 1. The van der Waals surface area contributed by atoms with Gasteiger partial charge in [0.05, 0.1) is 0 Å². The summed E-state index contributed by atoms with van der Waals surface area (Å²) in [5.74, 6) is 0.602. The van der Waals surface area contributed by atoms with Crippen molar-refractivity contribution in [1.82, 2.24) is 5.43 Å². The maximum absolute atomic E-state index is 10.7. The Hall–Kier alpha value is -2.82. The van der Waals surface area contributed by atoms with Crippen LogP contribution in [0.5, 0.6) is 0 Å². The number of nitrogens with zero attached hydrogens (tertiary/aromatic N) is 1. The van der Waals surface area contributed by atoms with Gasteiger partial charge in [-0.1, -0.05) is 30.3 Å². The van der Waals surface area contributed by atoms with Gasteiger partial charge in [0, 0.05) is 5.39 Å². The predicted octanol–water partition coefficient (Wildman–Crippen LogP) is 2.98. The van der Waals surface area contributed by atoms with E-state index >= 15 is 0 Å². The molecule has 3 N–H and O–H groups in total. The molecule has 0 unspecified atom stereocenters. The highest BCUT2D eigenvalue weighted by Gasteiger charge is 2.09. The van der Waals surface area contributed by atoms with E-state index in [0.29, 0.717) is 11.5 Å². The lowest BCUT2D eigenvalue weighted by Crippen LogP contribution is -2.25. The van der Waals surface area contributed by atoms with Gasteiger partial charge in [-0.3, -0.25) is 0 Å². The molecule has 2 aromatic carbocycles. The average molecular weight is 267 g/mol. The number of benzene rings is 2.